The van der Waals surface area contributed by atoms with Gasteiger partial charge in [0.25, 0.3) is 0 Å². The highest BCUT2D eigenvalue weighted by Gasteiger charge is 2.25. The minimum atomic E-state index is -0.831. The van der Waals surface area contributed by atoms with Gasteiger partial charge in [0.05, 0.1) is 25.0 Å². The monoisotopic (exact) mass is 407 g/mol. The van der Waals surface area contributed by atoms with Crippen molar-refractivity contribution < 1.29 is 19.7 Å². The Bertz CT molecular complexity index is 965. The molecule has 0 aliphatic heterocycles. The van der Waals surface area contributed by atoms with Crippen LogP contribution in [0.15, 0.2) is 60.8 Å². The van der Waals surface area contributed by atoms with Crippen molar-refractivity contribution in [1.82, 2.24) is 4.98 Å². The van der Waals surface area contributed by atoms with Crippen molar-refractivity contribution in [2.45, 2.75) is 45.5 Å². The molecule has 0 amide bonds. The van der Waals surface area contributed by atoms with Crippen molar-refractivity contribution in [3.05, 3.63) is 77.5 Å². The zero-order chi connectivity index (χ0) is 21.6. The summed E-state index contributed by atoms with van der Waals surface area (Å²) >= 11 is 0. The number of ether oxygens (including phenoxy) is 2. The van der Waals surface area contributed by atoms with Gasteiger partial charge >= 0.3 is 0 Å². The van der Waals surface area contributed by atoms with Crippen LogP contribution in [0.3, 0.4) is 0 Å². The third-order valence-electron chi connectivity index (χ3n) is 5.52. The van der Waals surface area contributed by atoms with E-state index in [0.717, 1.165) is 33.7 Å². The molecule has 1 aromatic heterocycles. The summed E-state index contributed by atoms with van der Waals surface area (Å²) in [6.07, 6.45) is 3.05. The van der Waals surface area contributed by atoms with E-state index >= 15 is 0 Å². The van der Waals surface area contributed by atoms with Gasteiger partial charge in [-0.3, -0.25) is 4.98 Å². The number of aliphatic hydroxyl groups excluding tert-OH is 1. The van der Waals surface area contributed by atoms with Gasteiger partial charge < -0.3 is 19.7 Å². The van der Waals surface area contributed by atoms with Crippen LogP contribution in [0.2, 0.25) is 0 Å². The van der Waals surface area contributed by atoms with Crippen molar-refractivity contribution >= 4 is 0 Å². The maximum absolute atomic E-state index is 10.7. The fourth-order valence-electron chi connectivity index (χ4n) is 3.46. The van der Waals surface area contributed by atoms with Gasteiger partial charge in [0.1, 0.15) is 18.1 Å². The summed E-state index contributed by atoms with van der Waals surface area (Å²) in [5, 5.41) is 20.2. The molecule has 0 atom stereocenters. The van der Waals surface area contributed by atoms with Crippen LogP contribution < -0.4 is 9.47 Å². The smallest absolute Gasteiger partial charge is 0.124 e. The van der Waals surface area contributed by atoms with E-state index in [1.807, 2.05) is 68.4 Å². The predicted octanol–water partition coefficient (Wildman–Crippen LogP) is 4.84. The Morgan fingerprint density at radius 2 is 1.80 bits per heavy atom. The third-order valence-corrected chi connectivity index (χ3v) is 5.52. The summed E-state index contributed by atoms with van der Waals surface area (Å²) in [6.45, 7) is 4.25. The number of benzene rings is 2. The summed E-state index contributed by atoms with van der Waals surface area (Å²) in [5.74, 6) is 1.40. The second-order valence-corrected chi connectivity index (χ2v) is 7.29. The molecule has 2 N–H and O–H groups in total. The minimum absolute atomic E-state index is 0.0840. The van der Waals surface area contributed by atoms with Crippen LogP contribution in [0.25, 0.3) is 11.3 Å². The molecule has 158 valence electrons. The molecule has 30 heavy (non-hydrogen) atoms. The lowest BCUT2D eigenvalue weighted by Gasteiger charge is -2.25. The number of hydrogen-bond donors (Lipinski definition) is 2. The van der Waals surface area contributed by atoms with Crippen LogP contribution in [-0.2, 0) is 18.8 Å². The largest absolute Gasteiger partial charge is 0.496 e. The molecule has 1 heterocycles. The van der Waals surface area contributed by atoms with Gasteiger partial charge in [-0.05, 0) is 48.7 Å². The van der Waals surface area contributed by atoms with E-state index in [9.17, 15) is 10.2 Å². The second kappa shape index (κ2) is 9.74. The predicted molar refractivity (Wildman–Crippen MR) is 117 cm³/mol. The molecule has 0 fully saturated rings. The van der Waals surface area contributed by atoms with Crippen molar-refractivity contribution in [2.75, 3.05) is 7.11 Å². The molecular formula is C25H29NO4. The maximum Gasteiger partial charge on any atom is 0.124 e. The Labute approximate surface area is 178 Å². The van der Waals surface area contributed by atoms with Gasteiger partial charge in [-0.25, -0.2) is 0 Å². The van der Waals surface area contributed by atoms with E-state index in [1.54, 1.807) is 13.3 Å². The van der Waals surface area contributed by atoms with E-state index in [-0.39, 0.29) is 6.61 Å². The summed E-state index contributed by atoms with van der Waals surface area (Å²) in [7, 11) is 1.59. The molecule has 0 saturated heterocycles. The standard InChI is InChI=1S/C25H29NO4/c1-4-25(28,5-2)21-10-11-23(26-15-21)19-7-6-8-22(14-19)30-17-18-9-12-24(29-3)20(13-18)16-27/h6-15,27-28H,4-5,16-17H2,1-3H3. The average molecular weight is 408 g/mol. The zero-order valence-corrected chi connectivity index (χ0v) is 17.8. The van der Waals surface area contributed by atoms with Crippen LogP contribution in [0.5, 0.6) is 11.5 Å². The van der Waals surface area contributed by atoms with E-state index in [2.05, 4.69) is 4.98 Å². The average Bonchev–Trinajstić information content (AvgIpc) is 2.82. The lowest BCUT2D eigenvalue weighted by atomic mass is 9.89. The number of rotatable bonds is 9. The van der Waals surface area contributed by atoms with E-state index in [0.29, 0.717) is 25.2 Å². The number of pyridine rings is 1. The minimum Gasteiger partial charge on any atom is -0.496 e. The van der Waals surface area contributed by atoms with E-state index < -0.39 is 5.60 Å². The van der Waals surface area contributed by atoms with Crippen molar-refractivity contribution in [2.24, 2.45) is 0 Å². The highest BCUT2D eigenvalue weighted by molar-refractivity contribution is 5.61. The highest BCUT2D eigenvalue weighted by atomic mass is 16.5. The first-order valence-electron chi connectivity index (χ1n) is 10.2. The zero-order valence-electron chi connectivity index (χ0n) is 17.8. The quantitative estimate of drug-likeness (QED) is 0.531. The molecule has 3 rings (SSSR count). The Morgan fingerprint density at radius 3 is 2.43 bits per heavy atom. The van der Waals surface area contributed by atoms with Gasteiger partial charge in [0.15, 0.2) is 0 Å². The van der Waals surface area contributed by atoms with Crippen LogP contribution in [0.1, 0.15) is 43.4 Å². The molecule has 5 heteroatoms. The van der Waals surface area contributed by atoms with Crippen molar-refractivity contribution in [3.63, 3.8) is 0 Å². The van der Waals surface area contributed by atoms with Crippen molar-refractivity contribution in [1.29, 1.82) is 0 Å². The lowest BCUT2D eigenvalue weighted by molar-refractivity contribution is 0.0281. The molecular weight excluding hydrogens is 378 g/mol. The van der Waals surface area contributed by atoms with Gasteiger partial charge in [0.2, 0.25) is 0 Å². The fourth-order valence-corrected chi connectivity index (χ4v) is 3.46. The van der Waals surface area contributed by atoms with Crippen LogP contribution in [0.4, 0.5) is 0 Å². The first kappa shape index (κ1) is 21.8. The van der Waals surface area contributed by atoms with Crippen LogP contribution in [-0.4, -0.2) is 22.3 Å². The van der Waals surface area contributed by atoms with Gasteiger partial charge in [-0.1, -0.05) is 38.1 Å². The number of aromatic nitrogens is 1. The number of methoxy groups -OCH3 is 1. The Morgan fingerprint density at radius 1 is 1.00 bits per heavy atom. The summed E-state index contributed by atoms with van der Waals surface area (Å²) in [4.78, 5) is 4.55. The third kappa shape index (κ3) is 4.81. The van der Waals surface area contributed by atoms with Gasteiger partial charge in [-0.15, -0.1) is 0 Å². The summed E-state index contributed by atoms with van der Waals surface area (Å²) < 4.78 is 11.2. The molecule has 0 aliphatic rings. The van der Waals surface area contributed by atoms with E-state index in [4.69, 9.17) is 9.47 Å². The molecule has 0 spiro atoms. The SMILES string of the molecule is CCC(O)(CC)c1ccc(-c2cccc(OCc3ccc(OC)c(CO)c3)c2)nc1. The Hall–Kier alpha value is -2.89. The molecule has 2 aromatic carbocycles. The molecule has 5 nitrogen and oxygen atoms in total. The van der Waals surface area contributed by atoms with Crippen LogP contribution >= 0.6 is 0 Å². The molecule has 0 bridgehead atoms. The Balaban J connectivity index is 1.74. The molecule has 0 radical (unpaired) electrons. The molecule has 3 aromatic rings. The highest BCUT2D eigenvalue weighted by Crippen LogP contribution is 2.30. The lowest BCUT2D eigenvalue weighted by Crippen LogP contribution is -2.23. The van der Waals surface area contributed by atoms with Crippen molar-refractivity contribution in [3.8, 4) is 22.8 Å². The number of aliphatic hydroxyl groups is 2. The number of nitrogens with zero attached hydrogens (tertiary/aromatic N) is 1. The Kier molecular flexibility index (Phi) is 7.08. The second-order valence-electron chi connectivity index (χ2n) is 7.29. The number of hydrogen-bond acceptors (Lipinski definition) is 5. The molecule has 0 aliphatic carbocycles. The normalized spacial score (nSPS) is 11.4. The topological polar surface area (TPSA) is 71.8 Å². The van der Waals surface area contributed by atoms with Gasteiger partial charge in [-0.2, -0.15) is 0 Å². The molecule has 0 saturated carbocycles. The fraction of sp³-hybridized carbons (Fsp3) is 0.320. The first-order valence-corrected chi connectivity index (χ1v) is 10.2. The first-order chi connectivity index (χ1) is 14.5. The summed E-state index contributed by atoms with van der Waals surface area (Å²) in [5.41, 5.74) is 3.46. The van der Waals surface area contributed by atoms with Gasteiger partial charge in [0, 0.05) is 22.9 Å². The maximum atomic E-state index is 10.7. The van der Waals surface area contributed by atoms with E-state index in [1.165, 1.54) is 0 Å². The summed E-state index contributed by atoms with van der Waals surface area (Å²) in [6, 6.07) is 17.3. The molecule has 0 unspecified atom stereocenters. The van der Waals surface area contributed by atoms with Crippen LogP contribution in [0, 0.1) is 0 Å².